The number of aliphatic hydroxyl groups is 1. The van der Waals surface area contributed by atoms with Crippen LogP contribution in [0.2, 0.25) is 0 Å². The van der Waals surface area contributed by atoms with Crippen LogP contribution < -0.4 is 4.74 Å². The van der Waals surface area contributed by atoms with Crippen molar-refractivity contribution in [2.24, 2.45) is 23.7 Å². The number of likely N-dealkylation sites (tertiary alicyclic amines) is 1. The normalized spacial score (nSPS) is 42.5. The van der Waals surface area contributed by atoms with Crippen LogP contribution in [0.15, 0.2) is 24.3 Å². The average molecular weight is 498 g/mol. The third-order valence-electron chi connectivity index (χ3n) is 10.5. The summed E-state index contributed by atoms with van der Waals surface area (Å²) in [6.07, 6.45) is 13.2. The zero-order valence-electron chi connectivity index (χ0n) is 21.6. The van der Waals surface area contributed by atoms with Crippen molar-refractivity contribution in [1.82, 2.24) is 4.90 Å². The van der Waals surface area contributed by atoms with Gasteiger partial charge in [-0.25, -0.2) is 0 Å². The predicted molar refractivity (Wildman–Crippen MR) is 135 cm³/mol. The summed E-state index contributed by atoms with van der Waals surface area (Å²) in [7, 11) is 0. The monoisotopic (exact) mass is 497 g/mol. The van der Waals surface area contributed by atoms with E-state index in [-0.39, 0.29) is 6.10 Å². The molecular weight excluding hydrogens is 454 g/mol. The molecule has 0 atom stereocenters. The SMILES string of the molecule is OC1CCN(CCCOc2ccc([C@H]3CC[C@]4(CC3)OO[C@]3(O4)C4CC5CC(C4)CC3C5)cc2)CC1. The Bertz CT molecular complexity index is 874. The minimum atomic E-state index is -0.526. The molecule has 7 fully saturated rings. The Labute approximate surface area is 215 Å². The van der Waals surface area contributed by atoms with Crippen molar-refractivity contribution < 1.29 is 24.4 Å². The largest absolute Gasteiger partial charge is 0.494 e. The van der Waals surface area contributed by atoms with Crippen LogP contribution in [0, 0.1) is 23.7 Å². The van der Waals surface area contributed by atoms with E-state index in [4.69, 9.17) is 19.2 Å². The van der Waals surface area contributed by atoms with E-state index in [0.29, 0.717) is 17.8 Å². The molecule has 4 bridgehead atoms. The standard InChI is InChI=1S/C30H43NO5/c32-27-8-13-31(14-9-27)12-1-15-33-28-4-2-23(3-5-28)24-6-10-29(11-7-24)34-30(36-35-29)25-17-21-16-22(19-25)20-26(30)18-21/h2-5,21-22,24-27,32H,1,6-20H2/t21?,22?,24-,25?,26?,29+,30-. The lowest BCUT2D eigenvalue weighted by atomic mass is 9.53. The Morgan fingerprint density at radius 2 is 1.53 bits per heavy atom. The molecule has 2 aliphatic heterocycles. The van der Waals surface area contributed by atoms with Gasteiger partial charge in [0.2, 0.25) is 11.6 Å². The summed E-state index contributed by atoms with van der Waals surface area (Å²) in [6, 6.07) is 8.75. The van der Waals surface area contributed by atoms with Gasteiger partial charge in [-0.1, -0.05) is 12.1 Å². The first kappa shape index (κ1) is 23.9. The number of piperidine rings is 1. The molecule has 5 aliphatic carbocycles. The first-order valence-electron chi connectivity index (χ1n) is 14.8. The highest BCUT2D eigenvalue weighted by Gasteiger charge is 2.66. The van der Waals surface area contributed by atoms with Crippen LogP contribution in [-0.4, -0.2) is 53.9 Å². The van der Waals surface area contributed by atoms with E-state index < -0.39 is 11.6 Å². The maximum atomic E-state index is 9.64. The van der Waals surface area contributed by atoms with Gasteiger partial charge >= 0.3 is 0 Å². The van der Waals surface area contributed by atoms with Gasteiger partial charge in [-0.05, 0) is 99.7 Å². The molecule has 2 spiro atoms. The van der Waals surface area contributed by atoms with Crippen LogP contribution in [0.5, 0.6) is 5.75 Å². The summed E-state index contributed by atoms with van der Waals surface area (Å²) in [5.74, 6) is 3.39. The van der Waals surface area contributed by atoms with E-state index in [1.54, 1.807) is 0 Å². The topological polar surface area (TPSA) is 60.4 Å². The van der Waals surface area contributed by atoms with E-state index in [1.165, 1.54) is 37.7 Å². The molecule has 36 heavy (non-hydrogen) atoms. The molecule has 0 radical (unpaired) electrons. The van der Waals surface area contributed by atoms with Crippen molar-refractivity contribution in [1.29, 1.82) is 0 Å². The second-order valence-corrected chi connectivity index (χ2v) is 12.8. The van der Waals surface area contributed by atoms with Crippen LogP contribution in [-0.2, 0) is 14.5 Å². The van der Waals surface area contributed by atoms with Gasteiger partial charge in [0, 0.05) is 44.3 Å². The molecule has 7 aliphatic rings. The first-order chi connectivity index (χ1) is 17.6. The molecular formula is C30H43NO5. The van der Waals surface area contributed by atoms with Crippen molar-refractivity contribution in [3.8, 4) is 5.75 Å². The second kappa shape index (κ2) is 9.53. The van der Waals surface area contributed by atoms with Gasteiger partial charge < -0.3 is 19.5 Å². The molecule has 6 nitrogen and oxygen atoms in total. The molecule has 1 aromatic carbocycles. The summed E-state index contributed by atoms with van der Waals surface area (Å²) in [5, 5.41) is 9.64. The number of nitrogens with zero attached hydrogens (tertiary/aromatic N) is 1. The van der Waals surface area contributed by atoms with Crippen LogP contribution in [0.4, 0.5) is 0 Å². The van der Waals surface area contributed by atoms with Crippen LogP contribution in [0.25, 0.3) is 0 Å². The molecule has 0 aromatic heterocycles. The molecule has 0 unspecified atom stereocenters. The maximum absolute atomic E-state index is 9.64. The van der Waals surface area contributed by atoms with E-state index >= 15 is 0 Å². The number of benzene rings is 1. The van der Waals surface area contributed by atoms with Gasteiger partial charge in [-0.3, -0.25) is 0 Å². The molecule has 6 heteroatoms. The Morgan fingerprint density at radius 3 is 2.19 bits per heavy atom. The van der Waals surface area contributed by atoms with E-state index in [9.17, 15) is 5.11 Å². The van der Waals surface area contributed by atoms with E-state index in [1.807, 2.05) is 0 Å². The highest BCUT2D eigenvalue weighted by molar-refractivity contribution is 5.30. The average Bonchev–Trinajstić information content (AvgIpc) is 3.26. The van der Waals surface area contributed by atoms with Crippen LogP contribution in [0.3, 0.4) is 0 Å². The minimum absolute atomic E-state index is 0.101. The molecule has 1 N–H and O–H groups in total. The Morgan fingerprint density at radius 1 is 0.861 bits per heavy atom. The summed E-state index contributed by atoms with van der Waals surface area (Å²) >= 11 is 0. The van der Waals surface area contributed by atoms with Gasteiger partial charge in [0.15, 0.2) is 0 Å². The number of hydrogen-bond acceptors (Lipinski definition) is 6. The van der Waals surface area contributed by atoms with Crippen molar-refractivity contribution in [3.63, 3.8) is 0 Å². The molecule has 0 amide bonds. The summed E-state index contributed by atoms with van der Waals surface area (Å²) in [5.41, 5.74) is 1.40. The minimum Gasteiger partial charge on any atom is -0.494 e. The number of aliphatic hydroxyl groups excluding tert-OH is 1. The smallest absolute Gasteiger partial charge is 0.210 e. The lowest BCUT2D eigenvalue weighted by molar-refractivity contribution is -0.390. The highest BCUT2D eigenvalue weighted by Crippen LogP contribution is 2.64. The van der Waals surface area contributed by atoms with Gasteiger partial charge in [0.05, 0.1) is 12.7 Å². The first-order valence-corrected chi connectivity index (χ1v) is 14.8. The van der Waals surface area contributed by atoms with E-state index in [2.05, 4.69) is 29.2 Å². The van der Waals surface area contributed by atoms with Gasteiger partial charge in [0.1, 0.15) is 5.75 Å². The molecule has 198 valence electrons. The lowest BCUT2D eigenvalue weighted by Gasteiger charge is -2.57. The van der Waals surface area contributed by atoms with Gasteiger partial charge in [-0.15, -0.1) is 0 Å². The Kier molecular flexibility index (Phi) is 6.33. The Hall–Kier alpha value is -1.18. The fourth-order valence-electron chi connectivity index (χ4n) is 8.64. The predicted octanol–water partition coefficient (Wildman–Crippen LogP) is 5.40. The molecule has 8 rings (SSSR count). The van der Waals surface area contributed by atoms with Gasteiger partial charge in [0.25, 0.3) is 0 Å². The van der Waals surface area contributed by atoms with Crippen molar-refractivity contribution in [3.05, 3.63) is 29.8 Å². The zero-order chi connectivity index (χ0) is 24.2. The summed E-state index contributed by atoms with van der Waals surface area (Å²) < 4.78 is 12.9. The summed E-state index contributed by atoms with van der Waals surface area (Å²) in [6.45, 7) is 3.80. The molecule has 2 heterocycles. The van der Waals surface area contributed by atoms with Crippen molar-refractivity contribution >= 4 is 0 Å². The maximum Gasteiger partial charge on any atom is 0.210 e. The molecule has 5 saturated carbocycles. The zero-order valence-corrected chi connectivity index (χ0v) is 21.6. The number of hydrogen-bond donors (Lipinski definition) is 1. The molecule has 2 saturated heterocycles. The quantitative estimate of drug-likeness (QED) is 0.420. The second-order valence-electron chi connectivity index (χ2n) is 12.8. The molecule has 1 aromatic rings. The number of rotatable bonds is 6. The van der Waals surface area contributed by atoms with Gasteiger partial charge in [-0.2, -0.15) is 9.78 Å². The fourth-order valence-corrected chi connectivity index (χ4v) is 8.64. The Balaban J connectivity index is 0.887. The van der Waals surface area contributed by atoms with E-state index in [0.717, 1.165) is 88.8 Å². The fraction of sp³-hybridized carbons (Fsp3) is 0.800. The summed E-state index contributed by atoms with van der Waals surface area (Å²) in [4.78, 5) is 14.7. The van der Waals surface area contributed by atoms with Crippen LogP contribution >= 0.6 is 0 Å². The number of ether oxygens (including phenoxy) is 2. The third kappa shape index (κ3) is 4.41. The third-order valence-corrected chi connectivity index (χ3v) is 10.5. The highest BCUT2D eigenvalue weighted by atomic mass is 17.3. The van der Waals surface area contributed by atoms with Crippen LogP contribution in [0.1, 0.15) is 88.5 Å². The van der Waals surface area contributed by atoms with Crippen molar-refractivity contribution in [2.75, 3.05) is 26.2 Å². The van der Waals surface area contributed by atoms with Crippen molar-refractivity contribution in [2.45, 2.75) is 101 Å². The lowest BCUT2D eigenvalue weighted by Crippen LogP contribution is -2.59.